The first-order chi connectivity index (χ1) is 9.32. The Kier molecular flexibility index (Phi) is 3.65. The van der Waals surface area contributed by atoms with E-state index in [1.54, 1.807) is 20.8 Å². The van der Waals surface area contributed by atoms with E-state index in [2.05, 4.69) is 15.5 Å². The first-order valence-electron chi connectivity index (χ1n) is 5.72. The molecule has 0 saturated carbocycles. The van der Waals surface area contributed by atoms with Gasteiger partial charge >= 0.3 is 0 Å². The topological polar surface area (TPSA) is 51.0 Å². The summed E-state index contributed by atoms with van der Waals surface area (Å²) in [7, 11) is 0. The molecule has 108 valence electrons. The third-order valence-corrected chi connectivity index (χ3v) is 2.88. The molecule has 0 aliphatic carbocycles. The summed E-state index contributed by atoms with van der Waals surface area (Å²) in [5.41, 5.74) is 0.155. The number of hydrogen-bond donors (Lipinski definition) is 1. The summed E-state index contributed by atoms with van der Waals surface area (Å²) in [5, 5.41) is 6.07. The second-order valence-electron chi connectivity index (χ2n) is 4.30. The zero-order valence-corrected chi connectivity index (χ0v) is 10.9. The summed E-state index contributed by atoms with van der Waals surface area (Å²) in [6.45, 7) is 4.82. The summed E-state index contributed by atoms with van der Waals surface area (Å²) in [4.78, 5) is 2.48. The van der Waals surface area contributed by atoms with Crippen molar-refractivity contribution < 1.29 is 22.1 Å². The van der Waals surface area contributed by atoms with E-state index in [0.717, 1.165) is 0 Å². The molecule has 0 fully saturated rings. The maximum absolute atomic E-state index is 13.5. The molecule has 2 rings (SSSR count). The molecular formula is C12H11F4N3O. The minimum Gasteiger partial charge on any atom is -0.373 e. The Morgan fingerprint density at radius 3 is 2.05 bits per heavy atom. The number of nitrogens with one attached hydrogen (secondary N) is 1. The number of rotatable bonds is 3. The van der Waals surface area contributed by atoms with E-state index in [9.17, 15) is 17.6 Å². The Hall–Kier alpha value is -2.12. The van der Waals surface area contributed by atoms with Crippen LogP contribution in [-0.4, -0.2) is 10.1 Å². The minimum atomic E-state index is -1.71. The van der Waals surface area contributed by atoms with Crippen molar-refractivity contribution in [2.24, 2.45) is 0 Å². The zero-order chi connectivity index (χ0) is 15.0. The van der Waals surface area contributed by atoms with E-state index in [4.69, 9.17) is 4.52 Å². The van der Waals surface area contributed by atoms with Gasteiger partial charge < -0.3 is 9.84 Å². The average molecular weight is 289 g/mol. The zero-order valence-electron chi connectivity index (χ0n) is 10.9. The summed E-state index contributed by atoms with van der Waals surface area (Å²) in [6, 6.07) is -0.661. The van der Waals surface area contributed by atoms with Crippen LogP contribution in [0.4, 0.5) is 23.2 Å². The normalized spacial score (nSPS) is 12.6. The molecule has 1 unspecified atom stereocenters. The molecular weight excluding hydrogens is 278 g/mol. The molecule has 2 heterocycles. The monoisotopic (exact) mass is 289 g/mol. The van der Waals surface area contributed by atoms with Gasteiger partial charge in [0.25, 0.3) is 11.9 Å². The van der Waals surface area contributed by atoms with Gasteiger partial charge in [-0.2, -0.15) is 22.5 Å². The lowest BCUT2D eigenvalue weighted by Crippen LogP contribution is -2.14. The molecule has 8 heteroatoms. The Labute approximate surface area is 111 Å². The molecule has 0 aliphatic rings. The number of nitrogens with zero attached hydrogens (tertiary/aromatic N) is 2. The molecule has 0 radical (unpaired) electrons. The van der Waals surface area contributed by atoms with Gasteiger partial charge in [0, 0.05) is 5.56 Å². The van der Waals surface area contributed by atoms with Gasteiger partial charge in [0.1, 0.15) is 11.4 Å². The van der Waals surface area contributed by atoms with Gasteiger partial charge in [-0.1, -0.05) is 5.16 Å². The highest BCUT2D eigenvalue weighted by molar-refractivity contribution is 5.48. The second kappa shape index (κ2) is 5.10. The summed E-state index contributed by atoms with van der Waals surface area (Å²) in [6.07, 6.45) is 0. The standard InChI is InChI=1S/C12H11F4N3O/c1-4(7-5(2)19-20-6(7)3)17-10-8(13)11(15)18-12(16)9(10)14/h4H,1-3H3,(H,17,18). The number of pyridine rings is 1. The Morgan fingerprint density at radius 1 is 1.05 bits per heavy atom. The molecule has 0 spiro atoms. The van der Waals surface area contributed by atoms with Crippen molar-refractivity contribution >= 4 is 5.69 Å². The van der Waals surface area contributed by atoms with E-state index in [1.807, 2.05) is 0 Å². The van der Waals surface area contributed by atoms with Crippen molar-refractivity contribution in [3.8, 4) is 0 Å². The van der Waals surface area contributed by atoms with Gasteiger partial charge in [-0.05, 0) is 20.8 Å². The van der Waals surface area contributed by atoms with Crippen LogP contribution in [0.2, 0.25) is 0 Å². The molecule has 1 atom stereocenters. The molecule has 2 aromatic heterocycles. The third-order valence-electron chi connectivity index (χ3n) is 2.88. The van der Waals surface area contributed by atoms with Crippen molar-refractivity contribution in [3.05, 3.63) is 40.5 Å². The maximum Gasteiger partial charge on any atom is 0.253 e. The van der Waals surface area contributed by atoms with E-state index in [0.29, 0.717) is 17.0 Å². The van der Waals surface area contributed by atoms with Crippen LogP contribution in [0, 0.1) is 37.4 Å². The quantitative estimate of drug-likeness (QED) is 0.695. The molecule has 0 saturated heterocycles. The molecule has 1 N–H and O–H groups in total. The highest BCUT2D eigenvalue weighted by Gasteiger charge is 2.24. The van der Waals surface area contributed by atoms with Crippen molar-refractivity contribution in [2.75, 3.05) is 5.32 Å². The maximum atomic E-state index is 13.5. The van der Waals surface area contributed by atoms with Gasteiger partial charge in [-0.25, -0.2) is 0 Å². The van der Waals surface area contributed by atoms with E-state index >= 15 is 0 Å². The Morgan fingerprint density at radius 2 is 1.60 bits per heavy atom. The summed E-state index contributed by atoms with van der Waals surface area (Å²) < 4.78 is 57.9. The Balaban J connectivity index is 2.40. The first kappa shape index (κ1) is 14.3. The number of anilines is 1. The van der Waals surface area contributed by atoms with Crippen molar-refractivity contribution in [1.29, 1.82) is 0 Å². The predicted molar refractivity (Wildman–Crippen MR) is 62.1 cm³/mol. The largest absolute Gasteiger partial charge is 0.373 e. The van der Waals surface area contributed by atoms with Crippen LogP contribution in [0.1, 0.15) is 30.0 Å². The lowest BCUT2D eigenvalue weighted by Gasteiger charge is -2.16. The number of aryl methyl sites for hydroxylation is 2. The first-order valence-corrected chi connectivity index (χ1v) is 5.72. The van der Waals surface area contributed by atoms with Gasteiger partial charge in [-0.15, -0.1) is 0 Å². The lowest BCUT2D eigenvalue weighted by molar-refractivity contribution is 0.391. The van der Waals surface area contributed by atoms with Crippen LogP contribution in [0.3, 0.4) is 0 Å². The summed E-state index contributed by atoms with van der Waals surface area (Å²) >= 11 is 0. The van der Waals surface area contributed by atoms with Crippen LogP contribution in [0.15, 0.2) is 4.52 Å². The molecule has 2 aromatic rings. The fraction of sp³-hybridized carbons (Fsp3) is 0.333. The minimum absolute atomic E-state index is 0.443. The van der Waals surface area contributed by atoms with Gasteiger partial charge in [0.2, 0.25) is 11.6 Å². The van der Waals surface area contributed by atoms with Crippen molar-refractivity contribution in [1.82, 2.24) is 10.1 Å². The highest BCUT2D eigenvalue weighted by Crippen LogP contribution is 2.29. The molecule has 0 amide bonds. The highest BCUT2D eigenvalue weighted by atomic mass is 19.2. The number of hydrogen-bond acceptors (Lipinski definition) is 4. The molecule has 20 heavy (non-hydrogen) atoms. The fourth-order valence-electron chi connectivity index (χ4n) is 2.01. The predicted octanol–water partition coefficient (Wildman–Crippen LogP) is 3.42. The van der Waals surface area contributed by atoms with Gasteiger partial charge in [0.05, 0.1) is 11.7 Å². The van der Waals surface area contributed by atoms with Crippen molar-refractivity contribution in [2.45, 2.75) is 26.8 Å². The fourth-order valence-corrected chi connectivity index (χ4v) is 2.01. The molecule has 0 bridgehead atoms. The van der Waals surface area contributed by atoms with Crippen LogP contribution in [0.25, 0.3) is 0 Å². The average Bonchev–Trinajstić information content (AvgIpc) is 2.72. The van der Waals surface area contributed by atoms with E-state index in [-0.39, 0.29) is 0 Å². The number of halogens is 4. The summed E-state index contributed by atoms with van der Waals surface area (Å²) in [5.74, 6) is -6.14. The Bertz CT molecular complexity index is 611. The molecule has 0 aromatic carbocycles. The van der Waals surface area contributed by atoms with Crippen molar-refractivity contribution in [3.63, 3.8) is 0 Å². The third kappa shape index (κ3) is 2.33. The van der Waals surface area contributed by atoms with Crippen LogP contribution < -0.4 is 5.32 Å². The van der Waals surface area contributed by atoms with Crippen LogP contribution >= 0.6 is 0 Å². The molecule has 0 aliphatic heterocycles. The SMILES string of the molecule is Cc1noc(C)c1C(C)Nc1c(F)c(F)nc(F)c1F. The van der Waals surface area contributed by atoms with Gasteiger partial charge in [-0.3, -0.25) is 0 Å². The molecule has 4 nitrogen and oxygen atoms in total. The number of aromatic nitrogens is 2. The smallest absolute Gasteiger partial charge is 0.253 e. The van der Waals surface area contributed by atoms with Crippen LogP contribution in [0.5, 0.6) is 0 Å². The lowest BCUT2D eigenvalue weighted by atomic mass is 10.1. The van der Waals surface area contributed by atoms with Gasteiger partial charge in [0.15, 0.2) is 0 Å². The van der Waals surface area contributed by atoms with E-state index in [1.165, 1.54) is 0 Å². The van der Waals surface area contributed by atoms with Crippen LogP contribution in [-0.2, 0) is 0 Å². The second-order valence-corrected chi connectivity index (χ2v) is 4.30. The van der Waals surface area contributed by atoms with E-state index < -0.39 is 35.3 Å².